The van der Waals surface area contributed by atoms with Crippen LogP contribution in [0.2, 0.25) is 0 Å². The quantitative estimate of drug-likeness (QED) is 0.528. The van der Waals surface area contributed by atoms with Gasteiger partial charge in [-0.05, 0) is 43.2 Å². The van der Waals surface area contributed by atoms with Crippen LogP contribution in [0.1, 0.15) is 30.0 Å². The molecule has 1 atom stereocenters. The van der Waals surface area contributed by atoms with Crippen LogP contribution in [0.3, 0.4) is 0 Å². The Morgan fingerprint density at radius 1 is 1.19 bits per heavy atom. The highest BCUT2D eigenvalue weighted by Crippen LogP contribution is 2.45. The molecule has 0 amide bonds. The molecule has 162 valence electrons. The van der Waals surface area contributed by atoms with Gasteiger partial charge in [-0.25, -0.2) is 4.99 Å². The average molecular weight is 421 g/mol. The van der Waals surface area contributed by atoms with Gasteiger partial charge in [0.2, 0.25) is 5.75 Å². The van der Waals surface area contributed by atoms with E-state index in [0.29, 0.717) is 49.5 Å². The van der Waals surface area contributed by atoms with Crippen LogP contribution >= 0.6 is 0 Å². The van der Waals surface area contributed by atoms with Gasteiger partial charge in [0.15, 0.2) is 11.5 Å². The van der Waals surface area contributed by atoms with E-state index >= 15 is 0 Å². The van der Waals surface area contributed by atoms with Crippen LogP contribution < -0.4 is 19.5 Å². The standard InChI is InChI=1S/C25H28N2O4/c1-5-26-25(27-19-8-6-7-18(14-19)16(2)3)22-17(4)13-21(31-20-9-10-28-15-20)23-24(22)30-12-11-29-23/h5-8,13-14,20H,1-2,9-12,15H2,3-4H3,(H,26,27). The summed E-state index contributed by atoms with van der Waals surface area (Å²) in [7, 11) is 0. The third-order valence-corrected chi connectivity index (χ3v) is 5.23. The van der Waals surface area contributed by atoms with E-state index in [2.05, 4.69) is 23.5 Å². The second kappa shape index (κ2) is 9.27. The number of hydrogen-bond acceptors (Lipinski definition) is 5. The molecule has 6 heteroatoms. The maximum absolute atomic E-state index is 6.19. The van der Waals surface area contributed by atoms with Crippen molar-refractivity contribution in [2.75, 3.05) is 31.7 Å². The zero-order valence-corrected chi connectivity index (χ0v) is 18.1. The van der Waals surface area contributed by atoms with E-state index in [4.69, 9.17) is 18.9 Å². The molecule has 1 fully saturated rings. The highest BCUT2D eigenvalue weighted by Gasteiger charge is 2.28. The van der Waals surface area contributed by atoms with Gasteiger partial charge in [0.05, 0.1) is 18.8 Å². The lowest BCUT2D eigenvalue weighted by Gasteiger charge is -2.26. The number of fused-ring (bicyclic) bond motifs is 1. The molecule has 1 saturated heterocycles. The molecule has 4 rings (SSSR count). The molecular formula is C25H28N2O4. The van der Waals surface area contributed by atoms with Crippen LogP contribution in [-0.4, -0.2) is 38.4 Å². The van der Waals surface area contributed by atoms with Crippen LogP contribution in [0.5, 0.6) is 17.2 Å². The Balaban J connectivity index is 1.73. The summed E-state index contributed by atoms with van der Waals surface area (Å²) < 4.78 is 23.7. The monoisotopic (exact) mass is 420 g/mol. The number of rotatable bonds is 6. The van der Waals surface area contributed by atoms with Gasteiger partial charge in [0, 0.05) is 18.3 Å². The largest absolute Gasteiger partial charge is 0.485 e. The summed E-state index contributed by atoms with van der Waals surface area (Å²) >= 11 is 0. The maximum atomic E-state index is 6.19. The molecule has 2 heterocycles. The predicted octanol–water partition coefficient (Wildman–Crippen LogP) is 4.97. The topological polar surface area (TPSA) is 61.3 Å². The van der Waals surface area contributed by atoms with Crippen molar-refractivity contribution in [1.29, 1.82) is 0 Å². The fourth-order valence-electron chi connectivity index (χ4n) is 3.72. The number of amidine groups is 1. The van der Waals surface area contributed by atoms with Crippen molar-refractivity contribution in [3.63, 3.8) is 0 Å². The Morgan fingerprint density at radius 2 is 2.00 bits per heavy atom. The van der Waals surface area contributed by atoms with Crippen molar-refractivity contribution in [3.05, 3.63) is 66.4 Å². The first kappa shape index (κ1) is 21.0. The van der Waals surface area contributed by atoms with Crippen molar-refractivity contribution >= 4 is 17.1 Å². The number of aryl methyl sites for hydroxylation is 1. The summed E-state index contributed by atoms with van der Waals surface area (Å²) in [6.07, 6.45) is 2.39. The molecule has 0 spiro atoms. The van der Waals surface area contributed by atoms with Gasteiger partial charge >= 0.3 is 0 Å². The lowest BCUT2D eigenvalue weighted by Crippen LogP contribution is -2.24. The molecule has 0 aromatic heterocycles. The Kier molecular flexibility index (Phi) is 6.28. The minimum atomic E-state index is 0.0178. The summed E-state index contributed by atoms with van der Waals surface area (Å²) in [4.78, 5) is 4.52. The van der Waals surface area contributed by atoms with Gasteiger partial charge in [-0.1, -0.05) is 30.9 Å². The fraction of sp³-hybridized carbons (Fsp3) is 0.320. The van der Waals surface area contributed by atoms with E-state index in [1.807, 2.05) is 44.2 Å². The number of nitrogens with zero attached hydrogens (tertiary/aromatic N) is 1. The molecule has 0 aliphatic carbocycles. The normalized spacial score (nSPS) is 17.9. The fourth-order valence-corrected chi connectivity index (χ4v) is 3.72. The summed E-state index contributed by atoms with van der Waals surface area (Å²) in [5.41, 5.74) is 4.74. The maximum Gasteiger partial charge on any atom is 0.204 e. The molecule has 1 N–H and O–H groups in total. The third-order valence-electron chi connectivity index (χ3n) is 5.23. The van der Waals surface area contributed by atoms with Crippen LogP contribution in [0.4, 0.5) is 5.69 Å². The molecule has 0 saturated carbocycles. The summed E-state index contributed by atoms with van der Waals surface area (Å²) in [6, 6.07) is 10.0. The Bertz CT molecular complexity index is 1020. The van der Waals surface area contributed by atoms with Crippen LogP contribution in [0.25, 0.3) is 5.57 Å². The number of hydrogen-bond donors (Lipinski definition) is 1. The van der Waals surface area contributed by atoms with Gasteiger partial charge in [0.1, 0.15) is 25.2 Å². The van der Waals surface area contributed by atoms with E-state index in [-0.39, 0.29) is 6.10 Å². The Hall–Kier alpha value is -3.25. The first-order valence-corrected chi connectivity index (χ1v) is 10.5. The lowest BCUT2D eigenvalue weighted by atomic mass is 10.0. The average Bonchev–Trinajstić information content (AvgIpc) is 3.27. The summed E-state index contributed by atoms with van der Waals surface area (Å²) in [5, 5.41) is 3.42. The second-order valence-electron chi connectivity index (χ2n) is 7.67. The van der Waals surface area contributed by atoms with Gasteiger partial charge in [-0.2, -0.15) is 0 Å². The zero-order chi connectivity index (χ0) is 21.8. The molecule has 1 unspecified atom stereocenters. The van der Waals surface area contributed by atoms with E-state index in [1.54, 1.807) is 0 Å². The number of ether oxygens (including phenoxy) is 4. The van der Waals surface area contributed by atoms with Crippen molar-refractivity contribution < 1.29 is 18.9 Å². The molecule has 0 radical (unpaired) electrons. The van der Waals surface area contributed by atoms with Crippen molar-refractivity contribution in [2.45, 2.75) is 26.4 Å². The number of aliphatic imine (C=N–C) groups is 1. The summed E-state index contributed by atoms with van der Waals surface area (Å²) in [6.45, 7) is 14.0. The van der Waals surface area contributed by atoms with Gasteiger partial charge in [-0.15, -0.1) is 0 Å². The first-order chi connectivity index (χ1) is 15.1. The van der Waals surface area contributed by atoms with Crippen LogP contribution in [0.15, 0.2) is 54.7 Å². The number of benzene rings is 2. The number of nitrogens with one attached hydrogen (secondary N) is 1. The Morgan fingerprint density at radius 3 is 2.71 bits per heavy atom. The van der Waals surface area contributed by atoms with E-state index < -0.39 is 0 Å². The minimum absolute atomic E-state index is 0.0178. The molecule has 2 aromatic rings. The van der Waals surface area contributed by atoms with E-state index in [1.165, 1.54) is 6.20 Å². The van der Waals surface area contributed by atoms with Crippen molar-refractivity contribution in [2.24, 2.45) is 4.99 Å². The van der Waals surface area contributed by atoms with Crippen LogP contribution in [-0.2, 0) is 4.74 Å². The SMILES string of the molecule is C=CN=C(Nc1cccc(C(=C)C)c1)c1c(C)cc(OC2CCOC2)c2c1OCCO2. The molecule has 2 aromatic carbocycles. The highest BCUT2D eigenvalue weighted by molar-refractivity contribution is 6.12. The number of allylic oxidation sites excluding steroid dienone is 1. The highest BCUT2D eigenvalue weighted by atomic mass is 16.6. The first-order valence-electron chi connectivity index (χ1n) is 10.5. The Labute approximate surface area is 183 Å². The lowest BCUT2D eigenvalue weighted by molar-refractivity contribution is 0.127. The molecule has 31 heavy (non-hydrogen) atoms. The minimum Gasteiger partial charge on any atom is -0.485 e. The van der Waals surface area contributed by atoms with Crippen molar-refractivity contribution in [3.8, 4) is 17.2 Å². The van der Waals surface area contributed by atoms with Gasteiger partial charge in [-0.3, -0.25) is 0 Å². The molecule has 2 aliphatic rings. The molecular weight excluding hydrogens is 392 g/mol. The van der Waals surface area contributed by atoms with Crippen molar-refractivity contribution in [1.82, 2.24) is 0 Å². The van der Waals surface area contributed by atoms with Crippen LogP contribution in [0, 0.1) is 6.92 Å². The molecule has 0 bridgehead atoms. The summed E-state index contributed by atoms with van der Waals surface area (Å²) in [5.74, 6) is 2.54. The van der Waals surface area contributed by atoms with E-state index in [0.717, 1.165) is 34.4 Å². The molecule has 6 nitrogen and oxygen atoms in total. The van der Waals surface area contributed by atoms with E-state index in [9.17, 15) is 0 Å². The zero-order valence-electron chi connectivity index (χ0n) is 18.1. The van der Waals surface area contributed by atoms with Gasteiger partial charge in [0.25, 0.3) is 0 Å². The molecule has 2 aliphatic heterocycles. The smallest absolute Gasteiger partial charge is 0.204 e. The third kappa shape index (κ3) is 4.59. The predicted molar refractivity (Wildman–Crippen MR) is 124 cm³/mol. The number of anilines is 1. The second-order valence-corrected chi connectivity index (χ2v) is 7.67. The van der Waals surface area contributed by atoms with Gasteiger partial charge < -0.3 is 24.3 Å².